The van der Waals surface area contributed by atoms with Crippen LogP contribution in [0, 0.1) is 11.2 Å². The highest BCUT2D eigenvalue weighted by molar-refractivity contribution is 5.78. The van der Waals surface area contributed by atoms with Crippen LogP contribution in [0.25, 0.3) is 0 Å². The molecule has 5 nitrogen and oxygen atoms in total. The number of aliphatic carboxylic acids is 1. The Morgan fingerprint density at radius 3 is 2.62 bits per heavy atom. The molecule has 0 aliphatic heterocycles. The first kappa shape index (κ1) is 15.3. The largest absolute Gasteiger partial charge is 0.481 e. The van der Waals surface area contributed by atoms with Crippen molar-refractivity contribution in [3.63, 3.8) is 0 Å². The van der Waals surface area contributed by atoms with E-state index in [1.54, 1.807) is 12.1 Å². The normalized spacial score (nSPS) is 15.9. The quantitative estimate of drug-likeness (QED) is 0.750. The van der Waals surface area contributed by atoms with Gasteiger partial charge in [-0.1, -0.05) is 18.6 Å². The molecule has 0 heterocycles. The molecule has 1 aliphatic carbocycles. The Morgan fingerprint density at radius 2 is 2.05 bits per heavy atom. The van der Waals surface area contributed by atoms with E-state index in [2.05, 4.69) is 10.6 Å². The Hall–Kier alpha value is -2.11. The molecule has 0 radical (unpaired) electrons. The minimum absolute atomic E-state index is 0.147. The molecule has 0 spiro atoms. The summed E-state index contributed by atoms with van der Waals surface area (Å²) in [4.78, 5) is 22.8. The Bertz CT molecular complexity index is 529. The van der Waals surface area contributed by atoms with Gasteiger partial charge in [0.25, 0.3) is 0 Å². The van der Waals surface area contributed by atoms with Gasteiger partial charge in [0.05, 0.1) is 5.41 Å². The highest BCUT2D eigenvalue weighted by Crippen LogP contribution is 2.40. The molecule has 1 fully saturated rings. The lowest BCUT2D eigenvalue weighted by molar-refractivity contribution is -0.153. The summed E-state index contributed by atoms with van der Waals surface area (Å²) in [5, 5.41) is 14.4. The molecule has 2 rings (SSSR count). The third-order valence-corrected chi connectivity index (χ3v) is 3.94. The van der Waals surface area contributed by atoms with E-state index in [4.69, 9.17) is 5.11 Å². The molecule has 1 aliphatic rings. The van der Waals surface area contributed by atoms with Gasteiger partial charge < -0.3 is 15.7 Å². The summed E-state index contributed by atoms with van der Waals surface area (Å²) in [5.74, 6) is -1.15. The molecule has 6 heteroatoms. The van der Waals surface area contributed by atoms with Crippen molar-refractivity contribution in [1.82, 2.24) is 10.6 Å². The molecule has 3 N–H and O–H groups in total. The van der Waals surface area contributed by atoms with Crippen LogP contribution in [-0.4, -0.2) is 30.2 Å². The zero-order valence-corrected chi connectivity index (χ0v) is 11.7. The SMILES string of the molecule is O=C(NCCc1cccc(F)c1)NCC1(C(=O)O)CCC1. The molecule has 0 saturated heterocycles. The van der Waals surface area contributed by atoms with Gasteiger partial charge in [0, 0.05) is 13.1 Å². The van der Waals surface area contributed by atoms with E-state index in [1.165, 1.54) is 12.1 Å². The number of amides is 2. The number of rotatable bonds is 6. The number of hydrogen-bond donors (Lipinski definition) is 3. The molecule has 1 aromatic rings. The summed E-state index contributed by atoms with van der Waals surface area (Å²) < 4.78 is 13.0. The van der Waals surface area contributed by atoms with Crippen molar-refractivity contribution in [2.24, 2.45) is 5.41 Å². The van der Waals surface area contributed by atoms with Crippen LogP contribution in [-0.2, 0) is 11.2 Å². The van der Waals surface area contributed by atoms with E-state index in [9.17, 15) is 14.0 Å². The van der Waals surface area contributed by atoms with Crippen LogP contribution >= 0.6 is 0 Å². The maximum absolute atomic E-state index is 13.0. The minimum atomic E-state index is -0.853. The molecular formula is C15H19FN2O3. The Labute approximate surface area is 122 Å². The van der Waals surface area contributed by atoms with E-state index in [0.717, 1.165) is 12.0 Å². The summed E-state index contributed by atoms with van der Waals surface area (Å²) in [6, 6.07) is 5.81. The van der Waals surface area contributed by atoms with Gasteiger partial charge in [-0.25, -0.2) is 9.18 Å². The average Bonchev–Trinajstić information content (AvgIpc) is 2.37. The number of carboxylic acids is 1. The number of urea groups is 1. The number of carbonyl (C=O) groups excluding carboxylic acids is 1. The van der Waals surface area contributed by atoms with Gasteiger partial charge in [0.1, 0.15) is 5.82 Å². The topological polar surface area (TPSA) is 78.4 Å². The first-order valence-corrected chi connectivity index (χ1v) is 7.01. The zero-order valence-electron chi connectivity index (χ0n) is 11.7. The third-order valence-electron chi connectivity index (χ3n) is 3.94. The smallest absolute Gasteiger partial charge is 0.314 e. The molecule has 0 unspecified atom stereocenters. The Kier molecular flexibility index (Phi) is 4.77. The minimum Gasteiger partial charge on any atom is -0.481 e. The number of nitrogens with one attached hydrogen (secondary N) is 2. The fourth-order valence-corrected chi connectivity index (χ4v) is 2.39. The van der Waals surface area contributed by atoms with Crippen LogP contribution in [0.15, 0.2) is 24.3 Å². The Balaban J connectivity index is 1.69. The van der Waals surface area contributed by atoms with Crippen LogP contribution in [0.1, 0.15) is 24.8 Å². The average molecular weight is 294 g/mol. The van der Waals surface area contributed by atoms with Crippen molar-refractivity contribution < 1.29 is 19.1 Å². The van der Waals surface area contributed by atoms with Crippen molar-refractivity contribution in [2.45, 2.75) is 25.7 Å². The molecular weight excluding hydrogens is 275 g/mol. The van der Waals surface area contributed by atoms with E-state index in [0.29, 0.717) is 25.8 Å². The second kappa shape index (κ2) is 6.56. The molecule has 0 atom stereocenters. The van der Waals surface area contributed by atoms with Crippen LogP contribution in [0.2, 0.25) is 0 Å². The molecule has 1 aromatic carbocycles. The highest BCUT2D eigenvalue weighted by atomic mass is 19.1. The predicted molar refractivity (Wildman–Crippen MR) is 75.4 cm³/mol. The first-order chi connectivity index (χ1) is 10.0. The standard InChI is InChI=1S/C15H19FN2O3/c16-12-4-1-3-11(9-12)5-8-17-14(21)18-10-15(13(19)20)6-2-7-15/h1,3-4,9H,2,5-8,10H2,(H,19,20)(H2,17,18,21). The summed E-state index contributed by atoms with van der Waals surface area (Å²) in [6.45, 7) is 0.517. The van der Waals surface area contributed by atoms with E-state index < -0.39 is 11.4 Å². The van der Waals surface area contributed by atoms with Crippen molar-refractivity contribution in [2.75, 3.05) is 13.1 Å². The van der Waals surface area contributed by atoms with Crippen molar-refractivity contribution in [3.05, 3.63) is 35.6 Å². The van der Waals surface area contributed by atoms with Crippen molar-refractivity contribution >= 4 is 12.0 Å². The van der Waals surface area contributed by atoms with E-state index >= 15 is 0 Å². The zero-order chi connectivity index (χ0) is 15.3. The maximum atomic E-state index is 13.0. The van der Waals surface area contributed by atoms with Crippen LogP contribution in [0.5, 0.6) is 0 Å². The molecule has 114 valence electrons. The lowest BCUT2D eigenvalue weighted by Crippen LogP contribution is -2.49. The number of carboxylic acid groups (broad SMARTS) is 1. The Morgan fingerprint density at radius 1 is 1.29 bits per heavy atom. The lowest BCUT2D eigenvalue weighted by Gasteiger charge is -2.37. The number of benzene rings is 1. The van der Waals surface area contributed by atoms with Crippen LogP contribution < -0.4 is 10.6 Å². The van der Waals surface area contributed by atoms with Gasteiger partial charge in [-0.2, -0.15) is 0 Å². The lowest BCUT2D eigenvalue weighted by atomic mass is 9.69. The summed E-state index contributed by atoms with van der Waals surface area (Å²) in [6.07, 6.45) is 2.61. The highest BCUT2D eigenvalue weighted by Gasteiger charge is 2.44. The summed E-state index contributed by atoms with van der Waals surface area (Å²) in [5.41, 5.74) is 0.0104. The van der Waals surface area contributed by atoms with Crippen molar-refractivity contribution in [1.29, 1.82) is 0 Å². The second-order valence-corrected chi connectivity index (χ2v) is 5.43. The molecule has 0 bridgehead atoms. The first-order valence-electron chi connectivity index (χ1n) is 7.01. The number of carbonyl (C=O) groups is 2. The monoisotopic (exact) mass is 294 g/mol. The maximum Gasteiger partial charge on any atom is 0.314 e. The second-order valence-electron chi connectivity index (χ2n) is 5.43. The number of hydrogen-bond acceptors (Lipinski definition) is 2. The van der Waals surface area contributed by atoms with Crippen LogP contribution in [0.3, 0.4) is 0 Å². The summed E-state index contributed by atoms with van der Waals surface area (Å²) in [7, 11) is 0. The van der Waals surface area contributed by atoms with Crippen LogP contribution in [0.4, 0.5) is 9.18 Å². The molecule has 1 saturated carbocycles. The van der Waals surface area contributed by atoms with E-state index in [-0.39, 0.29) is 18.4 Å². The van der Waals surface area contributed by atoms with Gasteiger partial charge >= 0.3 is 12.0 Å². The predicted octanol–water partition coefficient (Wildman–Crippen LogP) is 1.92. The van der Waals surface area contributed by atoms with Gasteiger partial charge in [-0.3, -0.25) is 4.79 Å². The summed E-state index contributed by atoms with van der Waals surface area (Å²) >= 11 is 0. The van der Waals surface area contributed by atoms with Crippen molar-refractivity contribution in [3.8, 4) is 0 Å². The van der Waals surface area contributed by atoms with Gasteiger partial charge in [0.15, 0.2) is 0 Å². The number of halogens is 1. The molecule has 2 amide bonds. The molecule has 0 aromatic heterocycles. The van der Waals surface area contributed by atoms with E-state index in [1.807, 2.05) is 0 Å². The van der Waals surface area contributed by atoms with Gasteiger partial charge in [0.2, 0.25) is 0 Å². The fraction of sp³-hybridized carbons (Fsp3) is 0.467. The van der Waals surface area contributed by atoms with Gasteiger partial charge in [-0.15, -0.1) is 0 Å². The molecule has 21 heavy (non-hydrogen) atoms. The third kappa shape index (κ3) is 3.93. The fourth-order valence-electron chi connectivity index (χ4n) is 2.39. The van der Waals surface area contributed by atoms with Gasteiger partial charge in [-0.05, 0) is 37.0 Å².